The maximum Gasteiger partial charge on any atom is 0.312 e. The minimum Gasteiger partial charge on any atom is -0.352 e. The van der Waals surface area contributed by atoms with Gasteiger partial charge in [-0.2, -0.15) is 4.39 Å². The van der Waals surface area contributed by atoms with Crippen molar-refractivity contribution in [3.8, 4) is 0 Å². The molecule has 0 aliphatic carbocycles. The zero-order chi connectivity index (χ0) is 24.1. The average Bonchev–Trinajstić information content (AvgIpc) is 3.17. The van der Waals surface area contributed by atoms with Crippen LogP contribution in [0.25, 0.3) is 0 Å². The number of alkyl halides is 1. The third-order valence-corrected chi connectivity index (χ3v) is 5.52. The molecule has 2 aromatic rings. The summed E-state index contributed by atoms with van der Waals surface area (Å²) in [7, 11) is 0. The first-order valence-corrected chi connectivity index (χ1v) is 10.7. The SMILES string of the molecule is CC(C)c1ccc(C(NC(=O)C2CC(F)CN2C(=O)CNC(N)=O)c2ccccc2)nc1F. The van der Waals surface area contributed by atoms with Crippen LogP contribution in [-0.4, -0.2) is 53.0 Å². The molecule has 4 amide bonds. The Morgan fingerprint density at radius 1 is 1.18 bits per heavy atom. The Balaban J connectivity index is 1.86. The van der Waals surface area contributed by atoms with Gasteiger partial charge in [0.15, 0.2) is 0 Å². The van der Waals surface area contributed by atoms with Crippen LogP contribution in [0.1, 0.15) is 49.0 Å². The van der Waals surface area contributed by atoms with Crippen molar-refractivity contribution in [1.29, 1.82) is 0 Å². The summed E-state index contributed by atoms with van der Waals surface area (Å²) < 4.78 is 28.8. The van der Waals surface area contributed by atoms with Gasteiger partial charge in [0, 0.05) is 12.0 Å². The van der Waals surface area contributed by atoms with Crippen molar-refractivity contribution >= 4 is 17.8 Å². The molecule has 176 valence electrons. The number of amides is 4. The van der Waals surface area contributed by atoms with Crippen molar-refractivity contribution in [3.05, 3.63) is 65.2 Å². The normalized spacial score (nSPS) is 18.8. The van der Waals surface area contributed by atoms with Crippen molar-refractivity contribution in [3.63, 3.8) is 0 Å². The van der Waals surface area contributed by atoms with Gasteiger partial charge in [-0.1, -0.05) is 50.2 Å². The number of carbonyl (C=O) groups excluding carboxylic acids is 3. The maximum absolute atomic E-state index is 14.6. The van der Waals surface area contributed by atoms with Gasteiger partial charge in [-0.25, -0.2) is 14.2 Å². The molecular formula is C23H27F2N5O3. The standard InChI is InChI=1S/C23H27F2N5O3/c1-13(2)16-8-9-17(28-21(16)25)20(14-6-4-3-5-7-14)29-22(32)18-10-15(24)12-30(18)19(31)11-27-23(26)33/h3-9,13,15,18,20H,10-12H2,1-2H3,(H,29,32)(H3,26,27,33). The predicted octanol–water partition coefficient (Wildman–Crippen LogP) is 2.16. The second-order valence-electron chi connectivity index (χ2n) is 8.24. The van der Waals surface area contributed by atoms with E-state index < -0.39 is 48.6 Å². The first-order valence-electron chi connectivity index (χ1n) is 10.7. The molecule has 4 N–H and O–H groups in total. The first-order chi connectivity index (χ1) is 15.7. The molecule has 1 fully saturated rings. The van der Waals surface area contributed by atoms with Gasteiger partial charge in [-0.05, 0) is 17.5 Å². The first kappa shape index (κ1) is 24.1. The van der Waals surface area contributed by atoms with Crippen LogP contribution in [0.2, 0.25) is 0 Å². The summed E-state index contributed by atoms with van der Waals surface area (Å²) in [5.41, 5.74) is 6.36. The lowest BCUT2D eigenvalue weighted by Crippen LogP contribution is -2.50. The monoisotopic (exact) mass is 459 g/mol. The summed E-state index contributed by atoms with van der Waals surface area (Å²) in [6.45, 7) is 2.98. The van der Waals surface area contributed by atoms with Gasteiger partial charge in [0.1, 0.15) is 12.2 Å². The van der Waals surface area contributed by atoms with Crippen molar-refractivity contribution in [2.24, 2.45) is 5.73 Å². The quantitative estimate of drug-likeness (QED) is 0.550. The molecule has 0 saturated carbocycles. The molecule has 0 spiro atoms. The number of nitrogens with zero attached hydrogens (tertiary/aromatic N) is 2. The number of carbonyl (C=O) groups is 3. The third kappa shape index (κ3) is 5.82. The average molecular weight is 459 g/mol. The number of likely N-dealkylation sites (tertiary alicyclic amines) is 1. The highest BCUT2D eigenvalue weighted by Crippen LogP contribution is 2.26. The van der Waals surface area contributed by atoms with Crippen molar-refractivity contribution in [1.82, 2.24) is 20.5 Å². The highest BCUT2D eigenvalue weighted by molar-refractivity contribution is 5.90. The molecule has 1 aliphatic rings. The minimum absolute atomic E-state index is 0.0649. The highest BCUT2D eigenvalue weighted by Gasteiger charge is 2.40. The van der Waals surface area contributed by atoms with E-state index in [1.165, 1.54) is 0 Å². The van der Waals surface area contributed by atoms with Crippen LogP contribution < -0.4 is 16.4 Å². The predicted molar refractivity (Wildman–Crippen MR) is 117 cm³/mol. The van der Waals surface area contributed by atoms with Crippen LogP contribution in [0, 0.1) is 5.95 Å². The molecule has 1 aromatic heterocycles. The van der Waals surface area contributed by atoms with E-state index in [-0.39, 0.29) is 24.6 Å². The van der Waals surface area contributed by atoms with Crippen LogP contribution in [0.4, 0.5) is 13.6 Å². The molecule has 1 aromatic carbocycles. The van der Waals surface area contributed by atoms with Gasteiger partial charge in [-0.3, -0.25) is 9.59 Å². The number of benzene rings is 1. The molecule has 1 saturated heterocycles. The van der Waals surface area contributed by atoms with E-state index in [0.717, 1.165) is 4.90 Å². The summed E-state index contributed by atoms with van der Waals surface area (Å²) in [6.07, 6.45) is -1.58. The number of hydrogen-bond donors (Lipinski definition) is 3. The number of rotatable bonds is 7. The Labute approximate surface area is 190 Å². The zero-order valence-electron chi connectivity index (χ0n) is 18.4. The van der Waals surface area contributed by atoms with Crippen molar-refractivity contribution in [2.75, 3.05) is 13.1 Å². The summed E-state index contributed by atoms with van der Waals surface area (Å²) in [6, 6.07) is 9.32. The van der Waals surface area contributed by atoms with Crippen LogP contribution in [-0.2, 0) is 9.59 Å². The van der Waals surface area contributed by atoms with Gasteiger partial charge in [-0.15, -0.1) is 0 Å². The summed E-state index contributed by atoms with van der Waals surface area (Å²) in [5, 5.41) is 4.95. The zero-order valence-corrected chi connectivity index (χ0v) is 18.4. The van der Waals surface area contributed by atoms with Crippen LogP contribution >= 0.6 is 0 Å². The fourth-order valence-electron chi connectivity index (χ4n) is 3.84. The van der Waals surface area contributed by atoms with Gasteiger partial charge < -0.3 is 21.3 Å². The van der Waals surface area contributed by atoms with Gasteiger partial charge in [0.05, 0.1) is 24.8 Å². The Morgan fingerprint density at radius 3 is 2.48 bits per heavy atom. The molecule has 33 heavy (non-hydrogen) atoms. The molecule has 10 heteroatoms. The lowest BCUT2D eigenvalue weighted by molar-refractivity contribution is -0.137. The highest BCUT2D eigenvalue weighted by atomic mass is 19.1. The summed E-state index contributed by atoms with van der Waals surface area (Å²) in [4.78, 5) is 41.6. The number of nitrogens with one attached hydrogen (secondary N) is 2. The molecule has 1 aliphatic heterocycles. The van der Waals surface area contributed by atoms with E-state index >= 15 is 0 Å². The molecule has 0 radical (unpaired) electrons. The minimum atomic E-state index is -1.39. The van der Waals surface area contributed by atoms with Crippen molar-refractivity contribution < 1.29 is 23.2 Å². The van der Waals surface area contributed by atoms with E-state index in [0.29, 0.717) is 11.1 Å². The van der Waals surface area contributed by atoms with Gasteiger partial charge in [0.2, 0.25) is 17.8 Å². The van der Waals surface area contributed by atoms with E-state index in [4.69, 9.17) is 5.73 Å². The molecular weight excluding hydrogens is 432 g/mol. The Bertz CT molecular complexity index is 1020. The van der Waals surface area contributed by atoms with Crippen molar-refractivity contribution in [2.45, 2.75) is 44.4 Å². The van der Waals surface area contributed by atoms with Gasteiger partial charge >= 0.3 is 6.03 Å². The van der Waals surface area contributed by atoms with E-state index in [2.05, 4.69) is 15.6 Å². The number of halogens is 2. The summed E-state index contributed by atoms with van der Waals surface area (Å²) in [5.74, 6) is -1.93. The molecule has 0 bridgehead atoms. The largest absolute Gasteiger partial charge is 0.352 e. The molecule has 2 heterocycles. The maximum atomic E-state index is 14.6. The second-order valence-corrected chi connectivity index (χ2v) is 8.24. The van der Waals surface area contributed by atoms with Gasteiger partial charge in [0.25, 0.3) is 0 Å². The third-order valence-electron chi connectivity index (χ3n) is 5.52. The van der Waals surface area contributed by atoms with Crippen LogP contribution in [0.5, 0.6) is 0 Å². The molecule has 3 unspecified atom stereocenters. The Morgan fingerprint density at radius 2 is 1.88 bits per heavy atom. The number of pyridine rings is 1. The Hall–Kier alpha value is -3.56. The number of primary amides is 1. The number of urea groups is 1. The Kier molecular flexibility index (Phi) is 7.57. The lowest BCUT2D eigenvalue weighted by Gasteiger charge is -2.26. The number of hydrogen-bond acceptors (Lipinski definition) is 4. The number of nitrogens with two attached hydrogens (primary N) is 1. The fourth-order valence-corrected chi connectivity index (χ4v) is 3.84. The van der Waals surface area contributed by atoms with Crippen LogP contribution in [0.3, 0.4) is 0 Å². The summed E-state index contributed by atoms with van der Waals surface area (Å²) >= 11 is 0. The van der Waals surface area contributed by atoms with E-state index in [9.17, 15) is 23.2 Å². The molecule has 3 rings (SSSR count). The van der Waals surface area contributed by atoms with E-state index in [1.54, 1.807) is 42.5 Å². The smallest absolute Gasteiger partial charge is 0.312 e. The topological polar surface area (TPSA) is 117 Å². The fraction of sp³-hybridized carbons (Fsp3) is 0.391. The number of aromatic nitrogens is 1. The molecule has 8 nitrogen and oxygen atoms in total. The lowest BCUT2D eigenvalue weighted by atomic mass is 9.99. The van der Waals surface area contributed by atoms with E-state index in [1.807, 2.05) is 13.8 Å². The second kappa shape index (κ2) is 10.4. The molecule has 3 atom stereocenters. The van der Waals surface area contributed by atoms with Crippen LogP contribution in [0.15, 0.2) is 42.5 Å².